The molecule has 0 aliphatic rings. The van der Waals surface area contributed by atoms with Crippen LogP contribution in [-0.2, 0) is 32.7 Å². The highest BCUT2D eigenvalue weighted by molar-refractivity contribution is 7.45. The van der Waals surface area contributed by atoms with Crippen LogP contribution in [0.25, 0.3) is 0 Å². The van der Waals surface area contributed by atoms with E-state index in [2.05, 4.69) is 74.6 Å². The summed E-state index contributed by atoms with van der Waals surface area (Å²) in [6.07, 6.45) is 52.3. The van der Waals surface area contributed by atoms with Crippen LogP contribution in [0.4, 0.5) is 0 Å². The fraction of sp³-hybridized carbons (Fsp3) is 0.720. The second kappa shape index (κ2) is 41.8. The number of hydrogen-bond acceptors (Lipinski definition) is 8. The van der Waals surface area contributed by atoms with Crippen molar-refractivity contribution in [3.05, 3.63) is 72.9 Å². The Bertz CT molecular complexity index is 1250. The minimum Gasteiger partial charge on any atom is -0.756 e. The largest absolute Gasteiger partial charge is 0.756 e. The summed E-state index contributed by atoms with van der Waals surface area (Å²) in [7, 11) is 1.12. The maximum absolute atomic E-state index is 12.7. The molecule has 0 aromatic heterocycles. The van der Waals surface area contributed by atoms with Crippen molar-refractivity contribution in [1.29, 1.82) is 0 Å². The lowest BCUT2D eigenvalue weighted by molar-refractivity contribution is -0.870. The quantitative estimate of drug-likeness (QED) is 0.0196. The average Bonchev–Trinajstić information content (AvgIpc) is 3.20. The molecule has 1 unspecified atom stereocenters. The van der Waals surface area contributed by atoms with Gasteiger partial charge in [-0.25, -0.2) is 0 Å². The van der Waals surface area contributed by atoms with Crippen LogP contribution in [0.15, 0.2) is 72.9 Å². The standard InChI is InChI=1S/C50H88NO8P/c1-6-8-10-12-14-16-18-20-22-24-25-27-28-30-32-34-36-38-40-42-49(52)56-46-48(47-58-60(54,55)57-45-44-51(3,4)5)59-50(53)43-41-39-37-35-33-31-29-26-23-21-19-17-15-13-11-9-7-2/h8,10,14,16,20,22,25,27,30,32,36,38,48H,6-7,9,11-13,15,17-19,21,23-24,26,28-29,31,33-35,37,39-47H2,1-5H3/b10-8-,16-14-,22-20-,27-25-,32-30-,38-36-/t48-/m1/s1. The first-order valence-electron chi connectivity index (χ1n) is 23.6. The molecule has 2 atom stereocenters. The monoisotopic (exact) mass is 862 g/mol. The van der Waals surface area contributed by atoms with Crippen molar-refractivity contribution in [2.24, 2.45) is 0 Å². The van der Waals surface area contributed by atoms with Crippen LogP contribution in [0.5, 0.6) is 0 Å². The van der Waals surface area contributed by atoms with Gasteiger partial charge in [0, 0.05) is 12.8 Å². The van der Waals surface area contributed by atoms with Gasteiger partial charge in [-0.15, -0.1) is 0 Å². The fourth-order valence-electron chi connectivity index (χ4n) is 6.09. The van der Waals surface area contributed by atoms with Crippen LogP contribution in [0, 0.1) is 0 Å². The molecule has 0 rings (SSSR count). The van der Waals surface area contributed by atoms with Crippen molar-refractivity contribution >= 4 is 19.8 Å². The van der Waals surface area contributed by atoms with Crippen LogP contribution in [0.3, 0.4) is 0 Å². The average molecular weight is 862 g/mol. The maximum Gasteiger partial charge on any atom is 0.306 e. The number of phosphoric acid groups is 1. The van der Waals surface area contributed by atoms with Crippen molar-refractivity contribution in [2.45, 2.75) is 187 Å². The Morgan fingerprint density at radius 1 is 0.533 bits per heavy atom. The number of ether oxygens (including phenoxy) is 2. The molecule has 0 aliphatic carbocycles. The minimum absolute atomic E-state index is 0.0440. The Morgan fingerprint density at radius 2 is 0.950 bits per heavy atom. The molecular formula is C50H88NO8P. The highest BCUT2D eigenvalue weighted by atomic mass is 31.2. The number of hydrogen-bond donors (Lipinski definition) is 0. The van der Waals surface area contributed by atoms with Crippen LogP contribution >= 0.6 is 7.82 Å². The highest BCUT2D eigenvalue weighted by Crippen LogP contribution is 2.38. The number of esters is 2. The number of carbonyl (C=O) groups is 2. The van der Waals surface area contributed by atoms with E-state index in [0.717, 1.165) is 57.8 Å². The Morgan fingerprint density at radius 3 is 1.38 bits per heavy atom. The first-order valence-corrected chi connectivity index (χ1v) is 25.1. The predicted octanol–water partition coefficient (Wildman–Crippen LogP) is 13.2. The van der Waals surface area contributed by atoms with E-state index >= 15 is 0 Å². The van der Waals surface area contributed by atoms with E-state index < -0.39 is 32.5 Å². The van der Waals surface area contributed by atoms with Crippen LogP contribution in [-0.4, -0.2) is 70.0 Å². The zero-order valence-corrected chi connectivity index (χ0v) is 39.8. The first kappa shape index (κ1) is 57.4. The van der Waals surface area contributed by atoms with Crippen molar-refractivity contribution < 1.29 is 42.1 Å². The van der Waals surface area contributed by atoms with E-state index in [1.165, 1.54) is 83.5 Å². The van der Waals surface area contributed by atoms with E-state index in [-0.39, 0.29) is 26.1 Å². The minimum atomic E-state index is -4.65. The zero-order chi connectivity index (χ0) is 44.3. The topological polar surface area (TPSA) is 111 Å². The number of nitrogens with zero attached hydrogens (tertiary/aromatic N) is 1. The van der Waals surface area contributed by atoms with E-state index in [1.54, 1.807) is 0 Å². The third kappa shape index (κ3) is 45.0. The molecule has 60 heavy (non-hydrogen) atoms. The van der Waals surface area contributed by atoms with Crippen molar-refractivity contribution in [3.8, 4) is 0 Å². The number of carbonyl (C=O) groups excluding carboxylic acids is 2. The Kier molecular flexibility index (Phi) is 40.0. The fourth-order valence-corrected chi connectivity index (χ4v) is 6.82. The second-order valence-corrected chi connectivity index (χ2v) is 18.2. The van der Waals surface area contributed by atoms with E-state index in [0.29, 0.717) is 23.9 Å². The summed E-state index contributed by atoms with van der Waals surface area (Å²) in [5.74, 6) is -0.932. The van der Waals surface area contributed by atoms with Gasteiger partial charge in [0.05, 0.1) is 27.7 Å². The first-order chi connectivity index (χ1) is 29.0. The number of unbranched alkanes of at least 4 members (excludes halogenated alkanes) is 16. The molecule has 0 aromatic carbocycles. The molecule has 0 saturated carbocycles. The molecule has 0 aliphatic heterocycles. The lowest BCUT2D eigenvalue weighted by Crippen LogP contribution is -2.37. The van der Waals surface area contributed by atoms with Gasteiger partial charge in [-0.1, -0.05) is 189 Å². The number of allylic oxidation sites excluding steroid dienone is 12. The molecule has 0 saturated heterocycles. The normalized spacial score (nSPS) is 14.2. The lowest BCUT2D eigenvalue weighted by atomic mass is 10.0. The van der Waals surface area contributed by atoms with Gasteiger partial charge in [-0.3, -0.25) is 14.2 Å². The third-order valence-electron chi connectivity index (χ3n) is 9.75. The van der Waals surface area contributed by atoms with Gasteiger partial charge in [0.25, 0.3) is 7.82 Å². The van der Waals surface area contributed by atoms with Gasteiger partial charge in [0.15, 0.2) is 6.10 Å². The molecular weight excluding hydrogens is 774 g/mol. The summed E-state index contributed by atoms with van der Waals surface area (Å²) in [6, 6.07) is 0. The third-order valence-corrected chi connectivity index (χ3v) is 10.7. The molecule has 0 heterocycles. The molecule has 0 amide bonds. The molecule has 0 fully saturated rings. The smallest absolute Gasteiger partial charge is 0.306 e. The summed E-state index contributed by atoms with van der Waals surface area (Å²) in [5.41, 5.74) is 0. The predicted molar refractivity (Wildman–Crippen MR) is 249 cm³/mol. The van der Waals surface area contributed by atoms with Crippen molar-refractivity contribution in [2.75, 3.05) is 47.5 Å². The summed E-state index contributed by atoms with van der Waals surface area (Å²) < 4.78 is 33.9. The number of phosphoric ester groups is 1. The van der Waals surface area contributed by atoms with Crippen LogP contribution in [0.2, 0.25) is 0 Å². The van der Waals surface area contributed by atoms with E-state index in [4.69, 9.17) is 18.5 Å². The van der Waals surface area contributed by atoms with Gasteiger partial charge < -0.3 is 27.9 Å². The number of likely N-dealkylation sites (N-methyl/N-ethyl adjacent to an activating group) is 1. The maximum atomic E-state index is 12.7. The van der Waals surface area contributed by atoms with Crippen molar-refractivity contribution in [3.63, 3.8) is 0 Å². The van der Waals surface area contributed by atoms with Gasteiger partial charge in [0.1, 0.15) is 19.8 Å². The van der Waals surface area contributed by atoms with Crippen molar-refractivity contribution in [1.82, 2.24) is 0 Å². The highest BCUT2D eigenvalue weighted by Gasteiger charge is 2.21. The summed E-state index contributed by atoms with van der Waals surface area (Å²) in [4.78, 5) is 37.6. The molecule has 346 valence electrons. The Balaban J connectivity index is 4.43. The Hall–Kier alpha value is -2.55. The van der Waals surface area contributed by atoms with E-state index in [1.807, 2.05) is 33.3 Å². The zero-order valence-electron chi connectivity index (χ0n) is 38.9. The van der Waals surface area contributed by atoms with Crippen LogP contribution in [0.1, 0.15) is 181 Å². The lowest BCUT2D eigenvalue weighted by Gasteiger charge is -2.28. The molecule has 0 radical (unpaired) electrons. The SMILES string of the molecule is CC/C=C\C/C=C\C/C=C\C/C=C\C/C=C\C/C=C\CCC(=O)OC[C@H](COP(=O)([O-])OCC[N+](C)(C)C)OC(=O)CCCCCCCCCCCCCCCCCCC. The summed E-state index contributed by atoms with van der Waals surface area (Å²) in [5, 5.41) is 0. The number of rotatable bonds is 42. The molecule has 0 N–H and O–H groups in total. The second-order valence-electron chi connectivity index (χ2n) is 16.7. The molecule has 0 bridgehead atoms. The van der Waals surface area contributed by atoms with E-state index in [9.17, 15) is 19.0 Å². The number of quaternary nitrogens is 1. The summed E-state index contributed by atoms with van der Waals surface area (Å²) in [6.45, 7) is 4.03. The van der Waals surface area contributed by atoms with Crippen LogP contribution < -0.4 is 4.89 Å². The van der Waals surface area contributed by atoms with Gasteiger partial charge in [-0.05, 0) is 51.4 Å². The van der Waals surface area contributed by atoms with Gasteiger partial charge in [-0.2, -0.15) is 0 Å². The van der Waals surface area contributed by atoms with Gasteiger partial charge >= 0.3 is 11.9 Å². The molecule has 9 nitrogen and oxygen atoms in total. The molecule has 0 spiro atoms. The molecule has 10 heteroatoms. The Labute approximate surface area is 368 Å². The molecule has 0 aromatic rings. The summed E-state index contributed by atoms with van der Waals surface area (Å²) >= 11 is 0. The van der Waals surface area contributed by atoms with Gasteiger partial charge in [0.2, 0.25) is 0 Å².